The Morgan fingerprint density at radius 3 is 2.71 bits per heavy atom. The Hall–Kier alpha value is -2.03. The number of hydrogen-bond acceptors (Lipinski definition) is 1. The number of carbonyl (C=O) groups excluding carboxylic acids is 1. The zero-order valence-corrected chi connectivity index (χ0v) is 12.4. The van der Waals surface area contributed by atoms with Gasteiger partial charge in [-0.2, -0.15) is 0 Å². The number of benzene rings is 2. The lowest BCUT2D eigenvalue weighted by Crippen LogP contribution is -1.92. The van der Waals surface area contributed by atoms with Gasteiger partial charge in [-0.05, 0) is 35.9 Å². The summed E-state index contributed by atoms with van der Waals surface area (Å²) < 4.78 is 0. The average molecular weight is 316 g/mol. The van der Waals surface area contributed by atoms with Crippen molar-refractivity contribution < 1.29 is 4.79 Å². The van der Waals surface area contributed by atoms with Gasteiger partial charge in [0.05, 0.1) is 0 Å². The maximum atomic E-state index is 12.3. The summed E-state index contributed by atoms with van der Waals surface area (Å²) >= 11 is 11.9. The van der Waals surface area contributed by atoms with Crippen LogP contribution < -0.4 is 0 Å². The maximum absolute atomic E-state index is 12.3. The molecular formula is C17H11Cl2NO. The van der Waals surface area contributed by atoms with Crippen LogP contribution in [-0.2, 0) is 0 Å². The number of fused-ring (bicyclic) bond motifs is 1. The van der Waals surface area contributed by atoms with Crippen molar-refractivity contribution in [2.45, 2.75) is 0 Å². The van der Waals surface area contributed by atoms with Crippen LogP contribution >= 0.6 is 23.2 Å². The number of halogens is 2. The van der Waals surface area contributed by atoms with Crippen LogP contribution in [0.4, 0.5) is 0 Å². The van der Waals surface area contributed by atoms with Crippen molar-refractivity contribution >= 4 is 46.0 Å². The standard InChI is InChI=1S/C17H11Cl2NO/c18-12-7-5-11(15(19)9-12)6-8-17(21)14-10-20-16-4-2-1-3-13(14)16/h1-10,20H/b8-6+. The molecule has 1 N–H and O–H groups in total. The molecule has 0 aliphatic carbocycles. The lowest BCUT2D eigenvalue weighted by Gasteiger charge is -1.98. The van der Waals surface area contributed by atoms with Gasteiger partial charge in [0.2, 0.25) is 0 Å². The summed E-state index contributed by atoms with van der Waals surface area (Å²) in [6, 6.07) is 12.9. The third kappa shape index (κ3) is 2.87. The summed E-state index contributed by atoms with van der Waals surface area (Å²) in [4.78, 5) is 15.4. The lowest BCUT2D eigenvalue weighted by atomic mass is 10.1. The van der Waals surface area contributed by atoms with E-state index in [9.17, 15) is 4.79 Å². The van der Waals surface area contributed by atoms with Crippen molar-refractivity contribution in [1.82, 2.24) is 4.98 Å². The van der Waals surface area contributed by atoms with Gasteiger partial charge in [-0.15, -0.1) is 0 Å². The topological polar surface area (TPSA) is 32.9 Å². The molecule has 0 saturated carbocycles. The number of H-pyrrole nitrogens is 1. The van der Waals surface area contributed by atoms with Crippen molar-refractivity contribution in [1.29, 1.82) is 0 Å². The van der Waals surface area contributed by atoms with Gasteiger partial charge >= 0.3 is 0 Å². The van der Waals surface area contributed by atoms with E-state index in [0.717, 1.165) is 16.5 Å². The summed E-state index contributed by atoms with van der Waals surface area (Å²) in [6.07, 6.45) is 4.94. The molecule has 4 heteroatoms. The number of ketones is 1. The molecule has 104 valence electrons. The highest BCUT2D eigenvalue weighted by molar-refractivity contribution is 6.35. The highest BCUT2D eigenvalue weighted by Crippen LogP contribution is 2.23. The Morgan fingerprint density at radius 2 is 1.90 bits per heavy atom. The zero-order chi connectivity index (χ0) is 14.8. The molecule has 2 nitrogen and oxygen atoms in total. The van der Waals surface area contributed by atoms with Crippen molar-refractivity contribution in [3.05, 3.63) is 75.9 Å². The quantitative estimate of drug-likeness (QED) is 0.511. The van der Waals surface area contributed by atoms with Crippen LogP contribution in [0, 0.1) is 0 Å². The van der Waals surface area contributed by atoms with Crippen LogP contribution in [0.1, 0.15) is 15.9 Å². The second-order valence-corrected chi connectivity index (χ2v) is 5.45. The molecule has 0 saturated heterocycles. The zero-order valence-electron chi connectivity index (χ0n) is 10.9. The highest BCUT2D eigenvalue weighted by Gasteiger charge is 2.08. The Bertz CT molecular complexity index is 849. The van der Waals surface area contributed by atoms with Gasteiger partial charge in [0.25, 0.3) is 0 Å². The predicted octanol–water partition coefficient (Wildman–Crippen LogP) is 5.37. The predicted molar refractivity (Wildman–Crippen MR) is 88.1 cm³/mol. The van der Waals surface area contributed by atoms with E-state index in [1.165, 1.54) is 6.08 Å². The number of allylic oxidation sites excluding steroid dienone is 1. The normalized spacial score (nSPS) is 11.3. The first-order chi connectivity index (χ1) is 10.1. The summed E-state index contributed by atoms with van der Waals surface area (Å²) in [6.45, 7) is 0. The lowest BCUT2D eigenvalue weighted by molar-refractivity contribution is 0.104. The van der Waals surface area contributed by atoms with Crippen molar-refractivity contribution in [3.8, 4) is 0 Å². The van der Waals surface area contributed by atoms with Crippen molar-refractivity contribution in [2.75, 3.05) is 0 Å². The Kier molecular flexibility index (Phi) is 3.82. The molecule has 0 atom stereocenters. The number of aromatic amines is 1. The molecule has 0 spiro atoms. The first-order valence-corrected chi connectivity index (χ1v) is 7.14. The van der Waals surface area contributed by atoms with E-state index in [-0.39, 0.29) is 5.78 Å². The van der Waals surface area contributed by atoms with Crippen LogP contribution in [0.15, 0.2) is 54.7 Å². The van der Waals surface area contributed by atoms with E-state index >= 15 is 0 Å². The van der Waals surface area contributed by atoms with Crippen LogP contribution in [-0.4, -0.2) is 10.8 Å². The van der Waals surface area contributed by atoms with E-state index in [2.05, 4.69) is 4.98 Å². The van der Waals surface area contributed by atoms with Crippen LogP contribution in [0.3, 0.4) is 0 Å². The number of carbonyl (C=O) groups is 1. The smallest absolute Gasteiger partial charge is 0.188 e. The summed E-state index contributed by atoms with van der Waals surface area (Å²) in [7, 11) is 0. The first kappa shape index (κ1) is 13.9. The van der Waals surface area contributed by atoms with E-state index in [0.29, 0.717) is 15.6 Å². The fraction of sp³-hybridized carbons (Fsp3) is 0. The molecule has 2 aromatic carbocycles. The highest BCUT2D eigenvalue weighted by atomic mass is 35.5. The van der Waals surface area contributed by atoms with Crippen molar-refractivity contribution in [3.63, 3.8) is 0 Å². The Labute approximate surface area is 132 Å². The molecule has 21 heavy (non-hydrogen) atoms. The summed E-state index contributed by atoms with van der Waals surface area (Å²) in [5.41, 5.74) is 2.35. The SMILES string of the molecule is O=C(/C=C/c1ccc(Cl)cc1Cl)c1c[nH]c2ccccc12. The molecule has 0 unspecified atom stereocenters. The molecule has 3 rings (SSSR count). The molecule has 0 amide bonds. The minimum absolute atomic E-state index is 0.0709. The molecule has 0 aliphatic rings. The number of hydrogen-bond donors (Lipinski definition) is 1. The minimum Gasteiger partial charge on any atom is -0.360 e. The fourth-order valence-corrected chi connectivity index (χ4v) is 2.64. The largest absolute Gasteiger partial charge is 0.360 e. The molecule has 0 fully saturated rings. The number of aromatic nitrogens is 1. The van der Waals surface area contributed by atoms with Gasteiger partial charge in [0.15, 0.2) is 5.78 Å². The van der Waals surface area contributed by atoms with E-state index in [1.807, 2.05) is 24.3 Å². The third-order valence-corrected chi connectivity index (χ3v) is 3.79. The number of nitrogens with one attached hydrogen (secondary N) is 1. The van der Waals surface area contributed by atoms with Gasteiger partial charge in [-0.3, -0.25) is 4.79 Å². The maximum Gasteiger partial charge on any atom is 0.188 e. The van der Waals surface area contributed by atoms with Gasteiger partial charge < -0.3 is 4.98 Å². The van der Waals surface area contributed by atoms with E-state index in [4.69, 9.17) is 23.2 Å². The number of rotatable bonds is 3. The second kappa shape index (κ2) is 5.76. The van der Waals surface area contributed by atoms with Gasteiger partial charge in [0, 0.05) is 32.7 Å². The van der Waals surface area contributed by atoms with Gasteiger partial charge in [-0.1, -0.05) is 47.5 Å². The fourth-order valence-electron chi connectivity index (χ4n) is 2.17. The molecular weight excluding hydrogens is 305 g/mol. The summed E-state index contributed by atoms with van der Waals surface area (Å²) in [5, 5.41) is 2.00. The molecule has 3 aromatic rings. The van der Waals surface area contributed by atoms with E-state index in [1.54, 1.807) is 30.5 Å². The third-order valence-electron chi connectivity index (χ3n) is 3.23. The molecule has 0 aliphatic heterocycles. The van der Waals surface area contributed by atoms with Gasteiger partial charge in [0.1, 0.15) is 0 Å². The molecule has 1 aromatic heterocycles. The minimum atomic E-state index is -0.0709. The average Bonchev–Trinajstić information content (AvgIpc) is 2.90. The Balaban J connectivity index is 1.91. The van der Waals surface area contributed by atoms with Gasteiger partial charge in [-0.25, -0.2) is 0 Å². The first-order valence-electron chi connectivity index (χ1n) is 6.39. The molecule has 0 bridgehead atoms. The van der Waals surface area contributed by atoms with E-state index < -0.39 is 0 Å². The van der Waals surface area contributed by atoms with Crippen LogP contribution in [0.2, 0.25) is 10.0 Å². The van der Waals surface area contributed by atoms with Crippen LogP contribution in [0.5, 0.6) is 0 Å². The summed E-state index contributed by atoms with van der Waals surface area (Å²) in [5.74, 6) is -0.0709. The number of para-hydroxylation sites is 1. The molecule has 1 heterocycles. The van der Waals surface area contributed by atoms with Crippen molar-refractivity contribution in [2.24, 2.45) is 0 Å². The molecule has 0 radical (unpaired) electrons. The second-order valence-electron chi connectivity index (χ2n) is 4.61. The monoisotopic (exact) mass is 315 g/mol. The van der Waals surface area contributed by atoms with Crippen LogP contribution in [0.25, 0.3) is 17.0 Å². The Morgan fingerprint density at radius 1 is 1.10 bits per heavy atom.